The molecule has 0 fully saturated rings. The van der Waals surface area contributed by atoms with E-state index in [1.165, 1.54) is 0 Å². The molecule has 6 heteroatoms. The number of hydrogen-bond donors (Lipinski definition) is 0. The second-order valence-corrected chi connectivity index (χ2v) is 3.72. The van der Waals surface area contributed by atoms with Crippen molar-refractivity contribution in [3.05, 3.63) is 36.0 Å². The molecular weight excluding hydrogens is 234 g/mol. The fourth-order valence-electron chi connectivity index (χ4n) is 1.59. The first-order valence-corrected chi connectivity index (χ1v) is 5.97. The van der Waals surface area contributed by atoms with Gasteiger partial charge in [0.2, 0.25) is 6.29 Å². The van der Waals surface area contributed by atoms with Crippen LogP contribution in [0.4, 0.5) is 0 Å². The summed E-state index contributed by atoms with van der Waals surface area (Å²) >= 11 is 0. The van der Waals surface area contributed by atoms with Gasteiger partial charge in [0.05, 0.1) is 25.3 Å². The van der Waals surface area contributed by atoms with Crippen molar-refractivity contribution in [1.29, 1.82) is 0 Å². The van der Waals surface area contributed by atoms with Crippen LogP contribution in [0.25, 0.3) is 0 Å². The summed E-state index contributed by atoms with van der Waals surface area (Å²) in [5.41, 5.74) is 1.72. The number of aromatic nitrogens is 3. The van der Waals surface area contributed by atoms with Crippen LogP contribution < -0.4 is 0 Å². The molecule has 0 saturated heterocycles. The molecular formula is C12H17N3O3. The molecule has 0 atom stereocenters. The number of furan rings is 1. The lowest BCUT2D eigenvalue weighted by molar-refractivity contribution is -0.142. The van der Waals surface area contributed by atoms with Gasteiger partial charge < -0.3 is 13.9 Å². The number of ether oxygens (including phenoxy) is 2. The maximum atomic E-state index is 5.46. The Balaban J connectivity index is 2.03. The van der Waals surface area contributed by atoms with Crippen LogP contribution >= 0.6 is 0 Å². The Morgan fingerprint density at radius 1 is 1.33 bits per heavy atom. The molecule has 2 aromatic heterocycles. The Morgan fingerprint density at radius 2 is 2.11 bits per heavy atom. The van der Waals surface area contributed by atoms with Gasteiger partial charge in [0.15, 0.2) is 0 Å². The minimum absolute atomic E-state index is 0.446. The first-order chi connectivity index (χ1) is 8.83. The number of rotatable bonds is 7. The average molecular weight is 251 g/mol. The zero-order valence-corrected chi connectivity index (χ0v) is 10.6. The minimum Gasteiger partial charge on any atom is -0.472 e. The largest absolute Gasteiger partial charge is 0.472 e. The molecule has 0 aromatic carbocycles. The molecule has 0 aliphatic heterocycles. The Labute approximate surface area is 105 Å². The van der Waals surface area contributed by atoms with Gasteiger partial charge in [-0.25, -0.2) is 4.68 Å². The van der Waals surface area contributed by atoms with Crippen LogP contribution in [0.2, 0.25) is 0 Å². The quantitative estimate of drug-likeness (QED) is 0.704. The summed E-state index contributed by atoms with van der Waals surface area (Å²) in [6.45, 7) is 5.59. The van der Waals surface area contributed by atoms with Crippen molar-refractivity contribution in [1.82, 2.24) is 15.0 Å². The van der Waals surface area contributed by atoms with Crippen LogP contribution in [0.5, 0.6) is 0 Å². The van der Waals surface area contributed by atoms with E-state index in [2.05, 4.69) is 10.3 Å². The lowest BCUT2D eigenvalue weighted by atomic mass is 10.3. The van der Waals surface area contributed by atoms with Gasteiger partial charge in [0, 0.05) is 18.8 Å². The second kappa shape index (κ2) is 6.32. The van der Waals surface area contributed by atoms with E-state index in [4.69, 9.17) is 13.9 Å². The third kappa shape index (κ3) is 3.18. The van der Waals surface area contributed by atoms with Crippen LogP contribution in [0.15, 0.2) is 29.2 Å². The Morgan fingerprint density at radius 3 is 2.72 bits per heavy atom. The normalized spacial score (nSPS) is 11.3. The van der Waals surface area contributed by atoms with Crippen LogP contribution in [0, 0.1) is 0 Å². The zero-order valence-electron chi connectivity index (χ0n) is 10.6. The van der Waals surface area contributed by atoms with E-state index < -0.39 is 6.29 Å². The summed E-state index contributed by atoms with van der Waals surface area (Å²) in [7, 11) is 0. The lowest BCUT2D eigenvalue weighted by Gasteiger charge is -2.13. The fourth-order valence-corrected chi connectivity index (χ4v) is 1.59. The molecule has 0 unspecified atom stereocenters. The maximum absolute atomic E-state index is 5.46. The van der Waals surface area contributed by atoms with Crippen molar-refractivity contribution in [3.63, 3.8) is 0 Å². The molecule has 0 aliphatic rings. The van der Waals surface area contributed by atoms with Gasteiger partial charge in [-0.3, -0.25) is 0 Å². The number of hydrogen-bond acceptors (Lipinski definition) is 5. The SMILES string of the molecule is CCOC(OCC)c1cn(Cc2ccoc2)nn1. The predicted molar refractivity (Wildman–Crippen MR) is 63.8 cm³/mol. The summed E-state index contributed by atoms with van der Waals surface area (Å²) < 4.78 is 17.7. The van der Waals surface area contributed by atoms with Gasteiger partial charge >= 0.3 is 0 Å². The first kappa shape index (κ1) is 12.8. The van der Waals surface area contributed by atoms with E-state index in [-0.39, 0.29) is 0 Å². The molecule has 0 radical (unpaired) electrons. The van der Waals surface area contributed by atoms with Crippen LogP contribution in [0.1, 0.15) is 31.4 Å². The molecule has 0 amide bonds. The molecule has 98 valence electrons. The standard InChI is InChI=1S/C12H17N3O3/c1-3-17-12(18-4-2)11-8-15(14-13-11)7-10-5-6-16-9-10/h5-6,8-9,12H,3-4,7H2,1-2H3. The molecule has 0 saturated carbocycles. The Kier molecular flexibility index (Phi) is 4.49. The van der Waals surface area contributed by atoms with Gasteiger partial charge in [-0.05, 0) is 19.9 Å². The highest BCUT2D eigenvalue weighted by atomic mass is 16.7. The first-order valence-electron chi connectivity index (χ1n) is 5.97. The average Bonchev–Trinajstić information content (AvgIpc) is 3.01. The number of nitrogens with zero attached hydrogens (tertiary/aromatic N) is 3. The molecule has 6 nitrogen and oxygen atoms in total. The van der Waals surface area contributed by atoms with Gasteiger partial charge in [0.25, 0.3) is 0 Å². The van der Waals surface area contributed by atoms with E-state index in [9.17, 15) is 0 Å². The highest BCUT2D eigenvalue weighted by molar-refractivity contribution is 5.06. The molecule has 0 N–H and O–H groups in total. The third-order valence-corrected chi connectivity index (χ3v) is 2.36. The minimum atomic E-state index is -0.446. The van der Waals surface area contributed by atoms with Crippen LogP contribution in [0.3, 0.4) is 0 Å². The van der Waals surface area contributed by atoms with Crippen molar-refractivity contribution in [2.45, 2.75) is 26.7 Å². The summed E-state index contributed by atoms with van der Waals surface area (Å²) in [4.78, 5) is 0. The van der Waals surface area contributed by atoms with Gasteiger partial charge in [-0.15, -0.1) is 5.10 Å². The van der Waals surface area contributed by atoms with Crippen molar-refractivity contribution in [2.75, 3.05) is 13.2 Å². The van der Waals surface area contributed by atoms with Crippen molar-refractivity contribution in [2.24, 2.45) is 0 Å². The van der Waals surface area contributed by atoms with E-state index in [1.807, 2.05) is 26.1 Å². The molecule has 2 heterocycles. The smallest absolute Gasteiger partial charge is 0.204 e. The fraction of sp³-hybridized carbons (Fsp3) is 0.500. The summed E-state index contributed by atoms with van der Waals surface area (Å²) in [6.07, 6.45) is 4.70. The van der Waals surface area contributed by atoms with Crippen molar-refractivity contribution < 1.29 is 13.9 Å². The van der Waals surface area contributed by atoms with E-state index in [1.54, 1.807) is 17.2 Å². The van der Waals surface area contributed by atoms with Gasteiger partial charge in [0.1, 0.15) is 5.69 Å². The summed E-state index contributed by atoms with van der Waals surface area (Å²) in [6, 6.07) is 1.89. The summed E-state index contributed by atoms with van der Waals surface area (Å²) in [5, 5.41) is 8.11. The zero-order chi connectivity index (χ0) is 12.8. The van der Waals surface area contributed by atoms with Crippen molar-refractivity contribution >= 4 is 0 Å². The topological polar surface area (TPSA) is 62.3 Å². The molecule has 0 aliphatic carbocycles. The predicted octanol–water partition coefficient (Wildman–Crippen LogP) is 1.99. The van der Waals surface area contributed by atoms with Gasteiger partial charge in [-0.1, -0.05) is 5.21 Å². The Bertz CT molecular complexity index is 447. The van der Waals surface area contributed by atoms with E-state index in [0.29, 0.717) is 25.5 Å². The molecule has 0 spiro atoms. The van der Waals surface area contributed by atoms with E-state index in [0.717, 1.165) is 5.56 Å². The van der Waals surface area contributed by atoms with Crippen LogP contribution in [-0.4, -0.2) is 28.2 Å². The molecule has 2 aromatic rings. The highest BCUT2D eigenvalue weighted by Crippen LogP contribution is 2.16. The van der Waals surface area contributed by atoms with Gasteiger partial charge in [-0.2, -0.15) is 0 Å². The van der Waals surface area contributed by atoms with Crippen LogP contribution in [-0.2, 0) is 16.0 Å². The van der Waals surface area contributed by atoms with Crippen molar-refractivity contribution in [3.8, 4) is 0 Å². The highest BCUT2D eigenvalue weighted by Gasteiger charge is 2.15. The second-order valence-electron chi connectivity index (χ2n) is 3.72. The third-order valence-electron chi connectivity index (χ3n) is 2.36. The monoisotopic (exact) mass is 251 g/mol. The molecule has 18 heavy (non-hydrogen) atoms. The Hall–Kier alpha value is -1.66. The summed E-state index contributed by atoms with van der Waals surface area (Å²) in [5.74, 6) is 0. The maximum Gasteiger partial charge on any atom is 0.204 e. The lowest BCUT2D eigenvalue weighted by Crippen LogP contribution is -2.09. The van der Waals surface area contributed by atoms with E-state index >= 15 is 0 Å². The molecule has 0 bridgehead atoms. The molecule has 2 rings (SSSR count).